The molecule has 5 heteroatoms. The zero-order chi connectivity index (χ0) is 11.5. The van der Waals surface area contributed by atoms with E-state index in [0.29, 0.717) is 22.0 Å². The molecule has 3 nitrogen and oxygen atoms in total. The highest BCUT2D eigenvalue weighted by Crippen LogP contribution is 2.28. The molecule has 2 rings (SSSR count). The van der Waals surface area contributed by atoms with E-state index in [1.54, 1.807) is 29.6 Å². The van der Waals surface area contributed by atoms with Crippen LogP contribution in [0.5, 0.6) is 0 Å². The zero-order valence-corrected chi connectivity index (χ0v) is 9.81. The molecule has 0 aliphatic rings. The first-order valence-electron chi connectivity index (χ1n) is 4.56. The molecule has 1 heterocycles. The van der Waals surface area contributed by atoms with Crippen molar-refractivity contribution >= 4 is 40.2 Å². The van der Waals surface area contributed by atoms with E-state index in [2.05, 4.69) is 5.32 Å². The second kappa shape index (κ2) is 4.55. The first kappa shape index (κ1) is 11.0. The number of hydrogen-bond acceptors (Lipinski definition) is 3. The van der Waals surface area contributed by atoms with Crippen LogP contribution in [0.3, 0.4) is 0 Å². The van der Waals surface area contributed by atoms with Gasteiger partial charge in [0, 0.05) is 5.38 Å². The monoisotopic (exact) mass is 252 g/mol. The summed E-state index contributed by atoms with van der Waals surface area (Å²) < 4.78 is 0. The quantitative estimate of drug-likeness (QED) is 0.807. The number of hydrogen-bond donors (Lipinski definition) is 2. The molecule has 1 aromatic carbocycles. The molecule has 82 valence electrons. The fourth-order valence-corrected chi connectivity index (χ4v) is 2.12. The van der Waals surface area contributed by atoms with Gasteiger partial charge in [-0.2, -0.15) is 11.3 Å². The molecular formula is C11H9ClN2OS. The van der Waals surface area contributed by atoms with E-state index in [-0.39, 0.29) is 5.91 Å². The lowest BCUT2D eigenvalue weighted by Gasteiger charge is -2.08. The van der Waals surface area contributed by atoms with Gasteiger partial charge in [-0.15, -0.1) is 0 Å². The van der Waals surface area contributed by atoms with Gasteiger partial charge in [-0.1, -0.05) is 17.7 Å². The van der Waals surface area contributed by atoms with Crippen molar-refractivity contribution in [3.05, 3.63) is 45.6 Å². The third-order valence-electron chi connectivity index (χ3n) is 2.07. The summed E-state index contributed by atoms with van der Waals surface area (Å²) in [5.41, 5.74) is 7.24. The lowest BCUT2D eigenvalue weighted by Crippen LogP contribution is -2.12. The molecule has 16 heavy (non-hydrogen) atoms. The minimum Gasteiger partial charge on any atom is -0.397 e. The van der Waals surface area contributed by atoms with Crippen molar-refractivity contribution in [2.45, 2.75) is 0 Å². The van der Waals surface area contributed by atoms with Crippen molar-refractivity contribution in [1.29, 1.82) is 0 Å². The third-order valence-corrected chi connectivity index (χ3v) is 3.07. The number of benzene rings is 1. The van der Waals surface area contributed by atoms with Crippen molar-refractivity contribution in [3.8, 4) is 0 Å². The lowest BCUT2D eigenvalue weighted by atomic mass is 10.2. The smallest absolute Gasteiger partial charge is 0.256 e. The van der Waals surface area contributed by atoms with E-state index in [1.807, 2.05) is 5.38 Å². The fraction of sp³-hybridized carbons (Fsp3) is 0. The summed E-state index contributed by atoms with van der Waals surface area (Å²) in [4.78, 5) is 11.8. The molecule has 0 unspecified atom stereocenters. The van der Waals surface area contributed by atoms with E-state index in [9.17, 15) is 4.79 Å². The minimum absolute atomic E-state index is 0.207. The number of carbonyl (C=O) groups is 1. The first-order chi connectivity index (χ1) is 7.68. The van der Waals surface area contributed by atoms with Gasteiger partial charge in [-0.05, 0) is 23.6 Å². The van der Waals surface area contributed by atoms with Crippen LogP contribution in [0.1, 0.15) is 10.4 Å². The number of nitrogens with two attached hydrogens (primary N) is 1. The fourth-order valence-electron chi connectivity index (χ4n) is 1.25. The van der Waals surface area contributed by atoms with Gasteiger partial charge in [0.2, 0.25) is 0 Å². The van der Waals surface area contributed by atoms with Crippen LogP contribution in [0.15, 0.2) is 35.0 Å². The summed E-state index contributed by atoms with van der Waals surface area (Å²) in [7, 11) is 0. The molecule has 1 aromatic heterocycles. The highest BCUT2D eigenvalue weighted by atomic mass is 35.5. The molecule has 0 bridgehead atoms. The van der Waals surface area contributed by atoms with Crippen LogP contribution in [0.25, 0.3) is 0 Å². The van der Waals surface area contributed by atoms with E-state index in [1.165, 1.54) is 11.3 Å². The van der Waals surface area contributed by atoms with Crippen molar-refractivity contribution in [3.63, 3.8) is 0 Å². The van der Waals surface area contributed by atoms with E-state index in [4.69, 9.17) is 17.3 Å². The van der Waals surface area contributed by atoms with Crippen LogP contribution in [0, 0.1) is 0 Å². The number of thiophene rings is 1. The number of rotatable bonds is 2. The van der Waals surface area contributed by atoms with Crippen LogP contribution in [-0.2, 0) is 0 Å². The predicted molar refractivity (Wildman–Crippen MR) is 68.1 cm³/mol. The average molecular weight is 253 g/mol. The predicted octanol–water partition coefficient (Wildman–Crippen LogP) is 3.24. The first-order valence-corrected chi connectivity index (χ1v) is 5.88. The van der Waals surface area contributed by atoms with E-state index < -0.39 is 0 Å². The van der Waals surface area contributed by atoms with E-state index in [0.717, 1.165) is 0 Å². The van der Waals surface area contributed by atoms with Crippen LogP contribution in [-0.4, -0.2) is 5.91 Å². The Hall–Kier alpha value is -1.52. The highest BCUT2D eigenvalue weighted by molar-refractivity contribution is 7.08. The standard InChI is InChI=1S/C11H9ClN2OS/c12-8-2-1-3-9(13)10(8)14-11(15)7-4-5-16-6-7/h1-6H,13H2,(H,14,15). The second-order valence-electron chi connectivity index (χ2n) is 3.17. The van der Waals surface area contributed by atoms with Crippen LogP contribution < -0.4 is 11.1 Å². The maximum atomic E-state index is 11.8. The molecule has 0 saturated carbocycles. The van der Waals surface area contributed by atoms with Crippen molar-refractivity contribution < 1.29 is 4.79 Å². The van der Waals surface area contributed by atoms with Crippen molar-refractivity contribution in [1.82, 2.24) is 0 Å². The van der Waals surface area contributed by atoms with Crippen LogP contribution in [0.2, 0.25) is 5.02 Å². The molecule has 3 N–H and O–H groups in total. The van der Waals surface area contributed by atoms with Gasteiger partial charge in [0.15, 0.2) is 0 Å². The topological polar surface area (TPSA) is 55.1 Å². The number of amides is 1. The maximum Gasteiger partial charge on any atom is 0.256 e. The average Bonchev–Trinajstić information content (AvgIpc) is 2.76. The van der Waals surface area contributed by atoms with Gasteiger partial charge in [0.1, 0.15) is 0 Å². The maximum absolute atomic E-state index is 11.8. The van der Waals surface area contributed by atoms with Crippen molar-refractivity contribution in [2.24, 2.45) is 0 Å². The molecule has 0 spiro atoms. The van der Waals surface area contributed by atoms with E-state index >= 15 is 0 Å². The summed E-state index contributed by atoms with van der Waals surface area (Å²) in [6.45, 7) is 0. The summed E-state index contributed by atoms with van der Waals surface area (Å²) in [6.07, 6.45) is 0. The van der Waals surface area contributed by atoms with Gasteiger partial charge >= 0.3 is 0 Å². The molecule has 0 atom stereocenters. The SMILES string of the molecule is Nc1cccc(Cl)c1NC(=O)c1ccsc1. The number of para-hydroxylation sites is 1. The molecule has 0 saturated heterocycles. The Bertz CT molecular complexity index is 490. The number of halogens is 1. The van der Waals surface area contributed by atoms with Gasteiger partial charge < -0.3 is 11.1 Å². The Morgan fingerprint density at radius 2 is 2.19 bits per heavy atom. The van der Waals surface area contributed by atoms with Gasteiger partial charge in [-0.25, -0.2) is 0 Å². The summed E-state index contributed by atoms with van der Waals surface area (Å²) >= 11 is 7.40. The third kappa shape index (κ3) is 2.18. The summed E-state index contributed by atoms with van der Waals surface area (Å²) in [6, 6.07) is 6.85. The van der Waals surface area contributed by atoms with Crippen LogP contribution in [0.4, 0.5) is 11.4 Å². The van der Waals surface area contributed by atoms with Gasteiger partial charge in [-0.3, -0.25) is 4.79 Å². The molecule has 2 aromatic rings. The van der Waals surface area contributed by atoms with Crippen molar-refractivity contribution in [2.75, 3.05) is 11.1 Å². The number of carbonyl (C=O) groups excluding carboxylic acids is 1. The van der Waals surface area contributed by atoms with Gasteiger partial charge in [0.25, 0.3) is 5.91 Å². The zero-order valence-electron chi connectivity index (χ0n) is 8.24. The Kier molecular flexibility index (Phi) is 3.12. The lowest BCUT2D eigenvalue weighted by molar-refractivity contribution is 0.102. The molecule has 0 aliphatic heterocycles. The number of anilines is 2. The normalized spacial score (nSPS) is 10.1. The van der Waals surface area contributed by atoms with Crippen LogP contribution >= 0.6 is 22.9 Å². The van der Waals surface area contributed by atoms with Gasteiger partial charge in [0.05, 0.1) is 22.0 Å². The number of nitrogen functional groups attached to an aromatic ring is 1. The summed E-state index contributed by atoms with van der Waals surface area (Å²) in [5.74, 6) is -0.207. The molecule has 0 radical (unpaired) electrons. The number of nitrogens with one attached hydrogen (secondary N) is 1. The highest BCUT2D eigenvalue weighted by Gasteiger charge is 2.10. The minimum atomic E-state index is -0.207. The Labute approximate surface area is 102 Å². The molecular weight excluding hydrogens is 244 g/mol. The summed E-state index contributed by atoms with van der Waals surface area (Å²) in [5, 5.41) is 6.73. The Morgan fingerprint density at radius 1 is 1.38 bits per heavy atom. The Morgan fingerprint density at radius 3 is 2.81 bits per heavy atom. The second-order valence-corrected chi connectivity index (χ2v) is 4.36. The Balaban J connectivity index is 2.25. The molecule has 0 aliphatic carbocycles. The largest absolute Gasteiger partial charge is 0.397 e. The molecule has 1 amide bonds. The molecule has 0 fully saturated rings.